The van der Waals surface area contributed by atoms with Gasteiger partial charge in [0.1, 0.15) is 6.26 Å². The van der Waals surface area contributed by atoms with E-state index in [2.05, 4.69) is 10.3 Å². The van der Waals surface area contributed by atoms with Crippen molar-refractivity contribution in [3.63, 3.8) is 0 Å². The van der Waals surface area contributed by atoms with Crippen LogP contribution in [0, 0.1) is 6.92 Å². The lowest BCUT2D eigenvalue weighted by Crippen LogP contribution is -2.14. The van der Waals surface area contributed by atoms with Gasteiger partial charge in [-0.2, -0.15) is 0 Å². The molecule has 3 N–H and O–H groups in total. The maximum atomic E-state index is 11.7. The van der Waals surface area contributed by atoms with E-state index in [1.807, 2.05) is 19.1 Å². The molecule has 0 saturated carbocycles. The van der Waals surface area contributed by atoms with E-state index in [0.29, 0.717) is 16.6 Å². The van der Waals surface area contributed by atoms with Gasteiger partial charge in [-0.1, -0.05) is 17.8 Å². The minimum Gasteiger partial charge on any atom is -0.440 e. The number of anilines is 2. The topological polar surface area (TPSA) is 81.2 Å². The monoisotopic (exact) mass is 263 g/mol. The molecule has 0 fully saturated rings. The maximum Gasteiger partial charge on any atom is 0.256 e. The molecule has 18 heavy (non-hydrogen) atoms. The lowest BCUT2D eigenvalue weighted by atomic mass is 10.2. The van der Waals surface area contributed by atoms with Crippen molar-refractivity contribution >= 4 is 29.0 Å². The van der Waals surface area contributed by atoms with Gasteiger partial charge in [0, 0.05) is 11.4 Å². The third-order valence-electron chi connectivity index (χ3n) is 2.30. The first-order valence-electron chi connectivity index (χ1n) is 5.33. The summed E-state index contributed by atoms with van der Waals surface area (Å²) in [4.78, 5) is 15.6. The summed E-state index contributed by atoms with van der Waals surface area (Å²) < 4.78 is 5.02. The normalized spacial score (nSPS) is 10.3. The Balaban J connectivity index is 1.88. The fourth-order valence-corrected chi connectivity index (χ4v) is 1.91. The molecule has 0 aliphatic heterocycles. The van der Waals surface area contributed by atoms with Crippen LogP contribution in [0.3, 0.4) is 0 Å². The molecule has 1 aromatic heterocycles. The quantitative estimate of drug-likeness (QED) is 0.653. The summed E-state index contributed by atoms with van der Waals surface area (Å²) in [5.41, 5.74) is 8.11. The molecule has 0 spiro atoms. The summed E-state index contributed by atoms with van der Waals surface area (Å²) in [5, 5.41) is 3.24. The van der Waals surface area contributed by atoms with Gasteiger partial charge in [-0.3, -0.25) is 4.79 Å². The SMILES string of the molecule is Cc1ccc(NC(=O)CSc2ncco2)cc1N. The van der Waals surface area contributed by atoms with E-state index in [-0.39, 0.29) is 11.7 Å². The second-order valence-corrected chi connectivity index (χ2v) is 4.63. The Morgan fingerprint density at radius 3 is 3.06 bits per heavy atom. The molecule has 2 rings (SSSR count). The molecule has 0 radical (unpaired) electrons. The summed E-state index contributed by atoms with van der Waals surface area (Å²) in [6.45, 7) is 1.92. The Labute approximate surface area is 109 Å². The zero-order chi connectivity index (χ0) is 13.0. The van der Waals surface area contributed by atoms with Gasteiger partial charge in [-0.25, -0.2) is 4.98 Å². The van der Waals surface area contributed by atoms with E-state index in [9.17, 15) is 4.79 Å². The van der Waals surface area contributed by atoms with Crippen LogP contribution in [0.2, 0.25) is 0 Å². The van der Waals surface area contributed by atoms with Crippen molar-refractivity contribution in [2.45, 2.75) is 12.1 Å². The highest BCUT2D eigenvalue weighted by Crippen LogP contribution is 2.18. The smallest absolute Gasteiger partial charge is 0.256 e. The number of nitrogens with zero attached hydrogens (tertiary/aromatic N) is 1. The third-order valence-corrected chi connectivity index (χ3v) is 3.15. The molecule has 5 nitrogen and oxygen atoms in total. The lowest BCUT2D eigenvalue weighted by Gasteiger charge is -2.06. The van der Waals surface area contributed by atoms with Gasteiger partial charge in [0.2, 0.25) is 5.91 Å². The molecular formula is C12H13N3O2S. The predicted octanol–water partition coefficient (Wildman–Crippen LogP) is 2.30. The number of oxazole rings is 1. The van der Waals surface area contributed by atoms with Crippen LogP contribution in [-0.4, -0.2) is 16.6 Å². The first kappa shape index (κ1) is 12.5. The molecule has 2 aromatic rings. The number of benzene rings is 1. The van der Waals surface area contributed by atoms with Crippen molar-refractivity contribution in [2.75, 3.05) is 16.8 Å². The number of aromatic nitrogens is 1. The maximum absolute atomic E-state index is 11.7. The van der Waals surface area contributed by atoms with E-state index in [0.717, 1.165) is 5.56 Å². The summed E-state index contributed by atoms with van der Waals surface area (Å²) in [5.74, 6) is 0.121. The summed E-state index contributed by atoms with van der Waals surface area (Å²) in [6.07, 6.45) is 3.02. The summed E-state index contributed by atoms with van der Waals surface area (Å²) >= 11 is 1.24. The van der Waals surface area contributed by atoms with Crippen LogP contribution in [-0.2, 0) is 4.79 Å². The minimum atomic E-state index is -0.124. The fraction of sp³-hybridized carbons (Fsp3) is 0.167. The average molecular weight is 263 g/mol. The number of amides is 1. The summed E-state index contributed by atoms with van der Waals surface area (Å²) in [6, 6.07) is 5.43. The first-order chi connectivity index (χ1) is 8.65. The van der Waals surface area contributed by atoms with E-state index in [4.69, 9.17) is 10.2 Å². The number of rotatable bonds is 4. The second-order valence-electron chi connectivity index (χ2n) is 3.71. The van der Waals surface area contributed by atoms with Crippen molar-refractivity contribution < 1.29 is 9.21 Å². The molecule has 94 valence electrons. The molecule has 0 bridgehead atoms. The Bertz CT molecular complexity index is 540. The Kier molecular flexibility index (Phi) is 3.88. The van der Waals surface area contributed by atoms with Gasteiger partial charge in [0.25, 0.3) is 5.22 Å². The van der Waals surface area contributed by atoms with Crippen LogP contribution in [0.1, 0.15) is 5.56 Å². The molecule has 1 amide bonds. The van der Waals surface area contributed by atoms with Gasteiger partial charge in [-0.15, -0.1) is 0 Å². The number of nitrogens with two attached hydrogens (primary N) is 1. The number of carbonyl (C=O) groups excluding carboxylic acids is 1. The highest BCUT2D eigenvalue weighted by Gasteiger charge is 2.06. The fourth-order valence-electron chi connectivity index (χ4n) is 1.32. The van der Waals surface area contributed by atoms with Crippen molar-refractivity contribution in [2.24, 2.45) is 0 Å². The van der Waals surface area contributed by atoms with Crippen LogP contribution in [0.5, 0.6) is 0 Å². The van der Waals surface area contributed by atoms with E-state index < -0.39 is 0 Å². The van der Waals surface area contributed by atoms with Crippen LogP contribution in [0.4, 0.5) is 11.4 Å². The first-order valence-corrected chi connectivity index (χ1v) is 6.32. The molecule has 0 unspecified atom stereocenters. The molecule has 1 heterocycles. The Morgan fingerprint density at radius 2 is 2.39 bits per heavy atom. The number of nitrogens with one attached hydrogen (secondary N) is 1. The standard InChI is InChI=1S/C12H13N3O2S/c1-8-2-3-9(6-10(8)13)15-11(16)7-18-12-14-4-5-17-12/h2-6H,7,13H2,1H3,(H,15,16). The summed E-state index contributed by atoms with van der Waals surface area (Å²) in [7, 11) is 0. The average Bonchev–Trinajstić information content (AvgIpc) is 2.84. The molecule has 0 aliphatic carbocycles. The zero-order valence-corrected chi connectivity index (χ0v) is 10.7. The van der Waals surface area contributed by atoms with Gasteiger partial charge in [0.15, 0.2) is 0 Å². The van der Waals surface area contributed by atoms with E-state index in [1.165, 1.54) is 18.0 Å². The molecule has 0 aliphatic rings. The van der Waals surface area contributed by atoms with Crippen LogP contribution in [0.15, 0.2) is 40.3 Å². The van der Waals surface area contributed by atoms with E-state index >= 15 is 0 Å². The molecule has 0 saturated heterocycles. The third kappa shape index (κ3) is 3.27. The Morgan fingerprint density at radius 1 is 1.56 bits per heavy atom. The second kappa shape index (κ2) is 5.59. The van der Waals surface area contributed by atoms with Crippen LogP contribution < -0.4 is 11.1 Å². The molecule has 0 atom stereocenters. The number of nitrogen functional groups attached to an aromatic ring is 1. The largest absolute Gasteiger partial charge is 0.440 e. The van der Waals surface area contributed by atoms with Gasteiger partial charge in [-0.05, 0) is 24.6 Å². The number of thioether (sulfide) groups is 1. The highest BCUT2D eigenvalue weighted by atomic mass is 32.2. The minimum absolute atomic E-state index is 0.124. The lowest BCUT2D eigenvalue weighted by molar-refractivity contribution is -0.113. The molecule has 1 aromatic carbocycles. The van der Waals surface area contributed by atoms with Gasteiger partial charge >= 0.3 is 0 Å². The van der Waals surface area contributed by atoms with E-state index in [1.54, 1.807) is 12.3 Å². The van der Waals surface area contributed by atoms with Crippen molar-refractivity contribution in [3.05, 3.63) is 36.2 Å². The van der Waals surface area contributed by atoms with Crippen LogP contribution >= 0.6 is 11.8 Å². The molecule has 6 heteroatoms. The zero-order valence-electron chi connectivity index (χ0n) is 9.84. The number of hydrogen-bond donors (Lipinski definition) is 2. The number of hydrogen-bond acceptors (Lipinski definition) is 5. The van der Waals surface area contributed by atoms with Crippen LogP contribution in [0.25, 0.3) is 0 Å². The molecular weight excluding hydrogens is 250 g/mol. The van der Waals surface area contributed by atoms with Gasteiger partial charge < -0.3 is 15.5 Å². The number of aryl methyl sites for hydroxylation is 1. The number of carbonyl (C=O) groups is 1. The van der Waals surface area contributed by atoms with Crippen molar-refractivity contribution in [1.29, 1.82) is 0 Å². The Hall–Kier alpha value is -1.95. The predicted molar refractivity (Wildman–Crippen MR) is 71.4 cm³/mol. The van der Waals surface area contributed by atoms with Gasteiger partial charge in [0.05, 0.1) is 11.9 Å². The highest BCUT2D eigenvalue weighted by molar-refractivity contribution is 7.99. The van der Waals surface area contributed by atoms with Crippen molar-refractivity contribution in [3.8, 4) is 0 Å². The van der Waals surface area contributed by atoms with Crippen molar-refractivity contribution in [1.82, 2.24) is 4.98 Å².